The summed E-state index contributed by atoms with van der Waals surface area (Å²) in [5, 5.41) is 19.1. The van der Waals surface area contributed by atoms with Crippen LogP contribution in [0, 0.1) is 15.9 Å². The Bertz CT molecular complexity index is 454. The molecular formula is C8H5BrFNO4S. The van der Waals surface area contributed by atoms with E-state index in [1.807, 2.05) is 0 Å². The quantitative estimate of drug-likeness (QED) is 0.525. The Hall–Kier alpha value is -1.15. The fourth-order valence-electron chi connectivity index (χ4n) is 0.916. The molecule has 8 heteroatoms. The highest BCUT2D eigenvalue weighted by Crippen LogP contribution is 2.33. The van der Waals surface area contributed by atoms with Crippen molar-refractivity contribution in [3.05, 3.63) is 32.5 Å². The molecule has 0 bridgehead atoms. The first-order valence-corrected chi connectivity index (χ1v) is 5.67. The highest BCUT2D eigenvalue weighted by atomic mass is 79.9. The van der Waals surface area contributed by atoms with Crippen molar-refractivity contribution in [2.45, 2.75) is 4.90 Å². The number of carboxylic acids is 1. The summed E-state index contributed by atoms with van der Waals surface area (Å²) in [7, 11) is 0. The number of rotatable bonds is 4. The Morgan fingerprint density at radius 3 is 2.75 bits per heavy atom. The Balaban J connectivity index is 3.09. The SMILES string of the molecule is O=C(O)CSc1cc(F)c(Br)cc1[N+](=O)[O-]. The van der Waals surface area contributed by atoms with Gasteiger partial charge in [-0.3, -0.25) is 14.9 Å². The minimum atomic E-state index is -1.12. The highest BCUT2D eigenvalue weighted by Gasteiger charge is 2.18. The number of halogens is 2. The number of hydrogen-bond acceptors (Lipinski definition) is 4. The Morgan fingerprint density at radius 2 is 2.25 bits per heavy atom. The van der Waals surface area contributed by atoms with E-state index < -0.39 is 16.7 Å². The molecule has 1 aromatic rings. The molecule has 0 heterocycles. The molecule has 16 heavy (non-hydrogen) atoms. The van der Waals surface area contributed by atoms with Crippen molar-refractivity contribution in [1.82, 2.24) is 0 Å². The molecule has 0 unspecified atom stereocenters. The molecule has 0 radical (unpaired) electrons. The van der Waals surface area contributed by atoms with E-state index >= 15 is 0 Å². The van der Waals surface area contributed by atoms with Crippen molar-refractivity contribution < 1.29 is 19.2 Å². The van der Waals surface area contributed by atoms with Gasteiger partial charge in [0.2, 0.25) is 0 Å². The van der Waals surface area contributed by atoms with E-state index in [1.165, 1.54) is 0 Å². The summed E-state index contributed by atoms with van der Waals surface area (Å²) in [4.78, 5) is 20.3. The number of nitro benzene ring substituents is 1. The zero-order valence-electron chi connectivity index (χ0n) is 7.65. The number of nitrogens with zero attached hydrogens (tertiary/aromatic N) is 1. The second-order valence-corrected chi connectivity index (χ2v) is 4.55. The van der Waals surface area contributed by atoms with Crippen LogP contribution in [0.15, 0.2) is 21.5 Å². The maximum atomic E-state index is 13.1. The van der Waals surface area contributed by atoms with Gasteiger partial charge in [-0.1, -0.05) is 0 Å². The maximum Gasteiger partial charge on any atom is 0.313 e. The monoisotopic (exact) mass is 309 g/mol. The van der Waals surface area contributed by atoms with E-state index in [0.717, 1.165) is 12.1 Å². The molecule has 1 rings (SSSR count). The van der Waals surface area contributed by atoms with Crippen LogP contribution in [-0.4, -0.2) is 21.8 Å². The van der Waals surface area contributed by atoms with Crippen LogP contribution in [0.5, 0.6) is 0 Å². The van der Waals surface area contributed by atoms with E-state index in [1.54, 1.807) is 0 Å². The van der Waals surface area contributed by atoms with Gasteiger partial charge < -0.3 is 5.11 Å². The smallest absolute Gasteiger partial charge is 0.313 e. The van der Waals surface area contributed by atoms with Gasteiger partial charge in [0, 0.05) is 6.07 Å². The molecule has 0 amide bonds. The number of carboxylic acid groups (broad SMARTS) is 1. The Kier molecular flexibility index (Phi) is 4.25. The van der Waals surface area contributed by atoms with Gasteiger partial charge >= 0.3 is 5.97 Å². The average Bonchev–Trinajstić information content (AvgIpc) is 2.18. The van der Waals surface area contributed by atoms with Gasteiger partial charge in [0.1, 0.15) is 5.82 Å². The molecule has 0 aromatic heterocycles. The Labute approximate surface area is 102 Å². The first-order valence-electron chi connectivity index (χ1n) is 3.90. The average molecular weight is 310 g/mol. The molecule has 0 aliphatic heterocycles. The molecule has 1 N–H and O–H groups in total. The van der Waals surface area contributed by atoms with Crippen LogP contribution in [0.3, 0.4) is 0 Å². The van der Waals surface area contributed by atoms with E-state index in [0.29, 0.717) is 11.8 Å². The molecule has 1 aromatic carbocycles. The molecule has 0 saturated carbocycles. The molecule has 0 saturated heterocycles. The van der Waals surface area contributed by atoms with Crippen molar-refractivity contribution in [2.75, 3.05) is 5.75 Å². The third-order valence-corrected chi connectivity index (χ3v) is 3.19. The molecule has 0 aliphatic rings. The summed E-state index contributed by atoms with van der Waals surface area (Å²) in [6.45, 7) is 0. The molecule has 0 aliphatic carbocycles. The van der Waals surface area contributed by atoms with Crippen molar-refractivity contribution in [3.8, 4) is 0 Å². The zero-order valence-corrected chi connectivity index (χ0v) is 10.0. The molecule has 0 atom stereocenters. The standard InChI is InChI=1S/C8H5BrFNO4S/c9-4-1-6(11(14)15)7(2-5(4)10)16-3-8(12)13/h1-2H,3H2,(H,12,13). The minimum Gasteiger partial charge on any atom is -0.481 e. The first-order chi connectivity index (χ1) is 7.41. The van der Waals surface area contributed by atoms with Crippen LogP contribution < -0.4 is 0 Å². The van der Waals surface area contributed by atoms with E-state index in [-0.39, 0.29) is 20.8 Å². The fourth-order valence-corrected chi connectivity index (χ4v) is 1.99. The van der Waals surface area contributed by atoms with Crippen LogP contribution >= 0.6 is 27.7 Å². The fraction of sp³-hybridized carbons (Fsp3) is 0.125. The second-order valence-electron chi connectivity index (χ2n) is 2.67. The number of carbonyl (C=O) groups is 1. The van der Waals surface area contributed by atoms with Gasteiger partial charge in [-0.15, -0.1) is 11.8 Å². The van der Waals surface area contributed by atoms with Gasteiger partial charge in [-0.2, -0.15) is 0 Å². The molecule has 5 nitrogen and oxygen atoms in total. The summed E-state index contributed by atoms with van der Waals surface area (Å²) < 4.78 is 13.1. The van der Waals surface area contributed by atoms with Crippen molar-refractivity contribution >= 4 is 39.3 Å². The summed E-state index contributed by atoms with van der Waals surface area (Å²) in [6, 6.07) is 1.95. The lowest BCUT2D eigenvalue weighted by Crippen LogP contribution is -1.99. The number of aliphatic carboxylic acids is 1. The predicted octanol–water partition coefficient (Wildman–Crippen LogP) is 2.67. The zero-order chi connectivity index (χ0) is 12.3. The van der Waals surface area contributed by atoms with Crippen LogP contribution in [0.4, 0.5) is 10.1 Å². The topological polar surface area (TPSA) is 80.4 Å². The Morgan fingerprint density at radius 1 is 1.62 bits per heavy atom. The second kappa shape index (κ2) is 5.26. The van der Waals surface area contributed by atoms with Crippen molar-refractivity contribution in [3.63, 3.8) is 0 Å². The van der Waals surface area contributed by atoms with E-state index in [2.05, 4.69) is 15.9 Å². The van der Waals surface area contributed by atoms with Crippen LogP contribution in [0.1, 0.15) is 0 Å². The summed E-state index contributed by atoms with van der Waals surface area (Å²) >= 11 is 3.53. The summed E-state index contributed by atoms with van der Waals surface area (Å²) in [5.41, 5.74) is -0.320. The van der Waals surface area contributed by atoms with E-state index in [9.17, 15) is 19.3 Å². The molecule has 0 fully saturated rings. The van der Waals surface area contributed by atoms with Gasteiger partial charge in [0.15, 0.2) is 0 Å². The number of benzene rings is 1. The minimum absolute atomic E-state index is 0.00639. The first kappa shape index (κ1) is 12.9. The lowest BCUT2D eigenvalue weighted by atomic mass is 10.3. The lowest BCUT2D eigenvalue weighted by Gasteiger charge is -2.02. The van der Waals surface area contributed by atoms with Gasteiger partial charge in [-0.05, 0) is 22.0 Å². The largest absolute Gasteiger partial charge is 0.481 e. The van der Waals surface area contributed by atoms with Crippen molar-refractivity contribution in [2.24, 2.45) is 0 Å². The molecule has 86 valence electrons. The van der Waals surface area contributed by atoms with Crippen LogP contribution in [0.2, 0.25) is 0 Å². The van der Waals surface area contributed by atoms with Gasteiger partial charge in [-0.25, -0.2) is 4.39 Å². The number of hydrogen-bond donors (Lipinski definition) is 1. The van der Waals surface area contributed by atoms with Crippen molar-refractivity contribution in [1.29, 1.82) is 0 Å². The third kappa shape index (κ3) is 3.17. The van der Waals surface area contributed by atoms with Crippen LogP contribution in [-0.2, 0) is 4.79 Å². The summed E-state index contributed by atoms with van der Waals surface area (Å²) in [5.74, 6) is -2.15. The predicted molar refractivity (Wildman–Crippen MR) is 59.1 cm³/mol. The van der Waals surface area contributed by atoms with Crippen LogP contribution in [0.25, 0.3) is 0 Å². The summed E-state index contributed by atoms with van der Waals surface area (Å²) in [6.07, 6.45) is 0. The lowest BCUT2D eigenvalue weighted by molar-refractivity contribution is -0.387. The van der Waals surface area contributed by atoms with Gasteiger partial charge in [0.25, 0.3) is 5.69 Å². The number of nitro groups is 1. The normalized spacial score (nSPS) is 10.1. The van der Waals surface area contributed by atoms with E-state index in [4.69, 9.17) is 5.11 Å². The maximum absolute atomic E-state index is 13.1. The third-order valence-electron chi connectivity index (χ3n) is 1.55. The molecular weight excluding hydrogens is 305 g/mol. The highest BCUT2D eigenvalue weighted by molar-refractivity contribution is 9.10. The number of thioether (sulfide) groups is 1. The molecule has 0 spiro atoms. The van der Waals surface area contributed by atoms with Gasteiger partial charge in [0.05, 0.1) is 20.0 Å².